The molecule has 158 valence electrons. The molecular formula is C20H22N4O6. The lowest BCUT2D eigenvalue weighted by Crippen LogP contribution is -2.56. The molecule has 0 aromatic heterocycles. The number of ether oxygens (including phenoxy) is 1. The first-order valence-corrected chi connectivity index (χ1v) is 9.90. The van der Waals surface area contributed by atoms with Crippen LogP contribution in [0.1, 0.15) is 46.4 Å². The van der Waals surface area contributed by atoms with Gasteiger partial charge in [0.2, 0.25) is 5.91 Å². The first kappa shape index (κ1) is 20.0. The van der Waals surface area contributed by atoms with E-state index < -0.39 is 35.6 Å². The normalized spacial score (nSPS) is 23.9. The minimum Gasteiger partial charge on any atom is -0.463 e. The molecule has 0 spiro atoms. The lowest BCUT2D eigenvalue weighted by Gasteiger charge is -2.34. The SMILES string of the molecule is Nc1ccc2c(c1)C(=O)N([C@@H]1CCC(=O)N(CCOC(=O)[C@@H]3CCCN3)C1=O)C2=O. The highest BCUT2D eigenvalue weighted by Crippen LogP contribution is 2.30. The molecule has 0 aliphatic carbocycles. The van der Waals surface area contributed by atoms with E-state index in [0.29, 0.717) is 12.1 Å². The molecule has 3 heterocycles. The monoisotopic (exact) mass is 414 g/mol. The molecule has 4 rings (SSSR count). The van der Waals surface area contributed by atoms with Crippen LogP contribution in [0.5, 0.6) is 0 Å². The maximum atomic E-state index is 12.9. The molecule has 1 aromatic rings. The number of anilines is 1. The topological polar surface area (TPSA) is 139 Å². The van der Waals surface area contributed by atoms with E-state index in [-0.39, 0.29) is 43.2 Å². The Morgan fingerprint density at radius 2 is 1.90 bits per heavy atom. The fraction of sp³-hybridized carbons (Fsp3) is 0.450. The Morgan fingerprint density at radius 1 is 1.13 bits per heavy atom. The molecule has 10 heteroatoms. The first-order valence-electron chi connectivity index (χ1n) is 9.90. The smallest absolute Gasteiger partial charge is 0.323 e. The van der Waals surface area contributed by atoms with Crippen LogP contribution >= 0.6 is 0 Å². The largest absolute Gasteiger partial charge is 0.463 e. The van der Waals surface area contributed by atoms with Crippen molar-refractivity contribution in [2.45, 2.75) is 37.8 Å². The summed E-state index contributed by atoms with van der Waals surface area (Å²) in [6.07, 6.45) is 1.63. The van der Waals surface area contributed by atoms with Gasteiger partial charge in [-0.25, -0.2) is 0 Å². The van der Waals surface area contributed by atoms with Gasteiger partial charge < -0.3 is 15.8 Å². The van der Waals surface area contributed by atoms with Crippen molar-refractivity contribution in [3.63, 3.8) is 0 Å². The van der Waals surface area contributed by atoms with Crippen LogP contribution in [-0.4, -0.2) is 71.2 Å². The molecule has 1 aromatic carbocycles. The van der Waals surface area contributed by atoms with E-state index in [1.165, 1.54) is 18.2 Å². The molecule has 3 N–H and O–H groups in total. The number of hydrogen-bond donors (Lipinski definition) is 2. The number of benzene rings is 1. The lowest BCUT2D eigenvalue weighted by molar-refractivity contribution is -0.156. The van der Waals surface area contributed by atoms with Gasteiger partial charge >= 0.3 is 5.97 Å². The van der Waals surface area contributed by atoms with Gasteiger partial charge in [0.1, 0.15) is 18.7 Å². The predicted molar refractivity (Wildman–Crippen MR) is 103 cm³/mol. The second kappa shape index (κ2) is 7.86. The number of nitrogens with zero attached hydrogens (tertiary/aromatic N) is 2. The summed E-state index contributed by atoms with van der Waals surface area (Å²) in [5.41, 5.74) is 6.37. The Balaban J connectivity index is 1.43. The van der Waals surface area contributed by atoms with Crippen molar-refractivity contribution in [3.8, 4) is 0 Å². The second-order valence-corrected chi connectivity index (χ2v) is 7.54. The van der Waals surface area contributed by atoms with Crippen LogP contribution in [-0.2, 0) is 19.1 Å². The molecule has 4 amide bonds. The van der Waals surface area contributed by atoms with Crippen LogP contribution in [0.2, 0.25) is 0 Å². The summed E-state index contributed by atoms with van der Waals surface area (Å²) in [7, 11) is 0. The Kier molecular flexibility index (Phi) is 5.25. The summed E-state index contributed by atoms with van der Waals surface area (Å²) in [6, 6.07) is 2.93. The molecule has 3 aliphatic heterocycles. The molecule has 2 atom stereocenters. The van der Waals surface area contributed by atoms with Gasteiger partial charge in [0.05, 0.1) is 17.7 Å². The number of nitrogens with two attached hydrogens (primary N) is 1. The maximum Gasteiger partial charge on any atom is 0.323 e. The fourth-order valence-corrected chi connectivity index (χ4v) is 4.08. The average Bonchev–Trinajstić information content (AvgIpc) is 3.33. The molecule has 30 heavy (non-hydrogen) atoms. The van der Waals surface area contributed by atoms with Gasteiger partial charge in [-0.05, 0) is 44.0 Å². The summed E-state index contributed by atoms with van der Waals surface area (Å²) < 4.78 is 5.18. The zero-order valence-electron chi connectivity index (χ0n) is 16.3. The number of carbonyl (C=O) groups excluding carboxylic acids is 5. The molecule has 3 aliphatic rings. The number of hydrogen-bond acceptors (Lipinski definition) is 8. The number of piperidine rings is 1. The summed E-state index contributed by atoms with van der Waals surface area (Å²) in [5, 5.41) is 3.02. The van der Waals surface area contributed by atoms with E-state index in [1.54, 1.807) is 0 Å². The number of fused-ring (bicyclic) bond motifs is 1. The molecular weight excluding hydrogens is 392 g/mol. The van der Waals surface area contributed by atoms with Gasteiger partial charge in [0, 0.05) is 12.1 Å². The third kappa shape index (κ3) is 3.43. The summed E-state index contributed by atoms with van der Waals surface area (Å²) in [4.78, 5) is 64.6. The van der Waals surface area contributed by atoms with Crippen molar-refractivity contribution in [1.29, 1.82) is 0 Å². The third-order valence-corrected chi connectivity index (χ3v) is 5.64. The van der Waals surface area contributed by atoms with Gasteiger partial charge in [-0.2, -0.15) is 0 Å². The van der Waals surface area contributed by atoms with E-state index in [2.05, 4.69) is 5.32 Å². The quantitative estimate of drug-likeness (QED) is 0.380. The van der Waals surface area contributed by atoms with Gasteiger partial charge in [-0.15, -0.1) is 0 Å². The van der Waals surface area contributed by atoms with Gasteiger partial charge in [0.25, 0.3) is 17.7 Å². The van der Waals surface area contributed by atoms with E-state index in [0.717, 1.165) is 22.8 Å². The lowest BCUT2D eigenvalue weighted by atomic mass is 10.0. The van der Waals surface area contributed by atoms with E-state index >= 15 is 0 Å². The number of esters is 1. The minimum atomic E-state index is -1.08. The number of amides is 4. The molecule has 2 saturated heterocycles. The van der Waals surface area contributed by atoms with Crippen molar-refractivity contribution < 1.29 is 28.7 Å². The molecule has 0 unspecified atom stereocenters. The summed E-state index contributed by atoms with van der Waals surface area (Å²) in [6.45, 7) is 0.485. The van der Waals surface area contributed by atoms with Crippen LogP contribution in [0.3, 0.4) is 0 Å². The van der Waals surface area contributed by atoms with Gasteiger partial charge in [-0.1, -0.05) is 0 Å². The Labute approximate surface area is 172 Å². The highest BCUT2D eigenvalue weighted by molar-refractivity contribution is 6.23. The minimum absolute atomic E-state index is 0.00405. The van der Waals surface area contributed by atoms with Crippen molar-refractivity contribution in [1.82, 2.24) is 15.1 Å². The van der Waals surface area contributed by atoms with E-state index in [9.17, 15) is 24.0 Å². The van der Waals surface area contributed by atoms with Crippen LogP contribution in [0.4, 0.5) is 5.69 Å². The van der Waals surface area contributed by atoms with Crippen LogP contribution in [0.25, 0.3) is 0 Å². The summed E-state index contributed by atoms with van der Waals surface area (Å²) >= 11 is 0. The predicted octanol–water partition coefficient (Wildman–Crippen LogP) is -0.322. The van der Waals surface area contributed by atoms with Crippen molar-refractivity contribution in [3.05, 3.63) is 29.3 Å². The first-order chi connectivity index (χ1) is 14.4. The fourth-order valence-electron chi connectivity index (χ4n) is 4.08. The molecule has 10 nitrogen and oxygen atoms in total. The number of likely N-dealkylation sites (tertiary alicyclic amines) is 1. The van der Waals surface area contributed by atoms with E-state index in [4.69, 9.17) is 10.5 Å². The molecule has 0 saturated carbocycles. The Bertz CT molecular complexity index is 939. The summed E-state index contributed by atoms with van der Waals surface area (Å²) in [5.74, 6) is -2.68. The van der Waals surface area contributed by atoms with Gasteiger partial charge in [-0.3, -0.25) is 33.8 Å². The number of carbonyl (C=O) groups is 5. The molecule has 2 fully saturated rings. The number of nitrogens with one attached hydrogen (secondary N) is 1. The zero-order valence-corrected chi connectivity index (χ0v) is 16.3. The van der Waals surface area contributed by atoms with Crippen molar-refractivity contribution in [2.24, 2.45) is 0 Å². The number of imide groups is 2. The number of nitrogen functional groups attached to an aromatic ring is 1. The standard InChI is InChI=1S/C20H22N4O6/c21-11-3-4-12-13(10-11)18(27)24(17(12)26)15-5-6-16(25)23(19(15)28)8-9-30-20(29)14-2-1-7-22-14/h3-4,10,14-15,22H,1-2,5-9,21H2/t14-,15+/m0/s1. The molecule has 0 radical (unpaired) electrons. The maximum absolute atomic E-state index is 12.9. The van der Waals surface area contributed by atoms with Gasteiger partial charge in [0.15, 0.2) is 0 Å². The number of rotatable bonds is 5. The Hall–Kier alpha value is -3.27. The van der Waals surface area contributed by atoms with Crippen molar-refractivity contribution in [2.75, 3.05) is 25.4 Å². The Morgan fingerprint density at radius 3 is 2.63 bits per heavy atom. The second-order valence-electron chi connectivity index (χ2n) is 7.54. The zero-order chi connectivity index (χ0) is 21.4. The van der Waals surface area contributed by atoms with Crippen LogP contribution in [0, 0.1) is 0 Å². The average molecular weight is 414 g/mol. The van der Waals surface area contributed by atoms with E-state index in [1.807, 2.05) is 0 Å². The molecule has 0 bridgehead atoms. The highest BCUT2D eigenvalue weighted by atomic mass is 16.5. The van der Waals surface area contributed by atoms with Crippen LogP contribution < -0.4 is 11.1 Å². The van der Waals surface area contributed by atoms with Crippen LogP contribution in [0.15, 0.2) is 18.2 Å². The third-order valence-electron chi connectivity index (χ3n) is 5.64. The highest BCUT2D eigenvalue weighted by Gasteiger charge is 2.47. The van der Waals surface area contributed by atoms with Crippen molar-refractivity contribution >= 4 is 35.3 Å².